The van der Waals surface area contributed by atoms with E-state index < -0.39 is 34.1 Å². The van der Waals surface area contributed by atoms with E-state index in [1.165, 1.54) is 17.1 Å². The van der Waals surface area contributed by atoms with Gasteiger partial charge >= 0.3 is 6.03 Å². The lowest BCUT2D eigenvalue weighted by molar-refractivity contribution is -0.132. The molecule has 50 heavy (non-hydrogen) atoms. The normalized spacial score (nSPS) is 15.4. The van der Waals surface area contributed by atoms with E-state index in [0.29, 0.717) is 17.7 Å². The predicted octanol–water partition coefficient (Wildman–Crippen LogP) is 4.17. The first-order valence-electron chi connectivity index (χ1n) is 16.0. The Morgan fingerprint density at radius 3 is 2.40 bits per heavy atom. The van der Waals surface area contributed by atoms with Crippen LogP contribution in [0.4, 0.5) is 14.9 Å². The molecule has 1 saturated heterocycles. The maximum atomic E-state index is 13.8. The maximum Gasteiger partial charge on any atom is 0.333 e. The lowest BCUT2D eigenvalue weighted by Gasteiger charge is -2.40. The number of benzene rings is 4. The Balaban J connectivity index is 1.42. The van der Waals surface area contributed by atoms with E-state index in [1.807, 2.05) is 49.4 Å². The highest BCUT2D eigenvalue weighted by Crippen LogP contribution is 2.26. The van der Waals surface area contributed by atoms with E-state index in [-0.39, 0.29) is 38.6 Å². The maximum absolute atomic E-state index is 13.8. The van der Waals surface area contributed by atoms with Crippen molar-refractivity contribution in [2.45, 2.75) is 38.6 Å². The van der Waals surface area contributed by atoms with Crippen molar-refractivity contribution in [3.8, 4) is 12.3 Å². The van der Waals surface area contributed by atoms with Gasteiger partial charge in [0.15, 0.2) is 0 Å². The van der Waals surface area contributed by atoms with Gasteiger partial charge in [0.05, 0.1) is 25.9 Å². The number of sulfonamides is 1. The van der Waals surface area contributed by atoms with Crippen LogP contribution in [0, 0.1) is 18.2 Å². The van der Waals surface area contributed by atoms with Crippen LogP contribution in [0.25, 0.3) is 10.8 Å². The van der Waals surface area contributed by atoms with Crippen molar-refractivity contribution >= 4 is 44.8 Å². The number of hydrogen-bond donors (Lipinski definition) is 2. The number of nitrogens with zero attached hydrogens (tertiary/aromatic N) is 4. The molecule has 260 valence electrons. The minimum atomic E-state index is -3.45. The molecule has 2 N–H and O–H groups in total. The number of anilines is 1. The van der Waals surface area contributed by atoms with E-state index in [9.17, 15) is 27.2 Å². The van der Waals surface area contributed by atoms with Gasteiger partial charge in [-0.2, -0.15) is 5.01 Å². The van der Waals surface area contributed by atoms with Crippen molar-refractivity contribution in [3.05, 3.63) is 114 Å². The molecule has 0 aliphatic carbocycles. The molecule has 13 heteroatoms. The van der Waals surface area contributed by atoms with Crippen molar-refractivity contribution in [1.29, 1.82) is 0 Å². The minimum Gasteiger partial charge on any atom is -0.337 e. The number of nitrogens with one attached hydrogen (secondary N) is 2. The molecule has 2 atom stereocenters. The van der Waals surface area contributed by atoms with E-state index in [2.05, 4.69) is 16.0 Å². The van der Waals surface area contributed by atoms with Crippen LogP contribution in [-0.2, 0) is 39.1 Å². The molecule has 1 aliphatic heterocycles. The number of rotatable bonds is 14. The third kappa shape index (κ3) is 8.96. The van der Waals surface area contributed by atoms with Crippen molar-refractivity contribution in [2.75, 3.05) is 30.6 Å². The fourth-order valence-corrected chi connectivity index (χ4v) is 6.77. The smallest absolute Gasteiger partial charge is 0.333 e. The number of fused-ring (bicyclic) bond motifs is 1. The Bertz CT molecular complexity index is 1980. The van der Waals surface area contributed by atoms with Crippen LogP contribution in [0.2, 0.25) is 0 Å². The highest BCUT2D eigenvalue weighted by Gasteiger charge is 2.45. The zero-order valence-corrected chi connectivity index (χ0v) is 28.6. The lowest BCUT2D eigenvalue weighted by atomic mass is 10.0. The van der Waals surface area contributed by atoms with Crippen LogP contribution in [0.3, 0.4) is 0 Å². The molecule has 0 unspecified atom stereocenters. The summed E-state index contributed by atoms with van der Waals surface area (Å²) in [5, 5.41) is 7.73. The molecule has 0 bridgehead atoms. The molecule has 0 saturated carbocycles. The SMILES string of the molecule is C#CCN(C(=O)NCc1ccc(F)cc1)N1CC(=O)N([C@H](C)Cc2ccc(NS(C)(=O)=O)cc2)[C@@H]1CN(C=O)Cc1cccc2ccccc12. The van der Waals surface area contributed by atoms with Gasteiger partial charge in [0, 0.05) is 24.8 Å². The third-order valence-electron chi connectivity index (χ3n) is 8.46. The van der Waals surface area contributed by atoms with Crippen LogP contribution in [0.5, 0.6) is 0 Å². The van der Waals surface area contributed by atoms with Gasteiger partial charge in [0.25, 0.3) is 0 Å². The summed E-state index contributed by atoms with van der Waals surface area (Å²) in [7, 11) is -3.45. The number of carbonyl (C=O) groups excluding carboxylic acids is 3. The van der Waals surface area contributed by atoms with Gasteiger partial charge in [0.1, 0.15) is 12.0 Å². The molecule has 0 radical (unpaired) electrons. The summed E-state index contributed by atoms with van der Waals surface area (Å²) in [5.41, 5.74) is 2.86. The first kappa shape index (κ1) is 35.8. The van der Waals surface area contributed by atoms with Gasteiger partial charge in [-0.1, -0.05) is 72.7 Å². The molecule has 4 amide bonds. The van der Waals surface area contributed by atoms with Gasteiger partial charge < -0.3 is 15.1 Å². The van der Waals surface area contributed by atoms with E-state index in [1.54, 1.807) is 51.2 Å². The van der Waals surface area contributed by atoms with Crippen LogP contribution in [0.1, 0.15) is 23.6 Å². The molecule has 0 aromatic heterocycles. The van der Waals surface area contributed by atoms with Crippen molar-refractivity contribution in [3.63, 3.8) is 0 Å². The molecule has 1 aliphatic rings. The topological polar surface area (TPSA) is 122 Å². The summed E-state index contributed by atoms with van der Waals surface area (Å²) in [6.07, 6.45) is 7.17. The second-order valence-corrected chi connectivity index (χ2v) is 14.0. The van der Waals surface area contributed by atoms with Gasteiger partial charge in [-0.05, 0) is 65.1 Å². The fourth-order valence-electron chi connectivity index (χ4n) is 6.21. The summed E-state index contributed by atoms with van der Waals surface area (Å²) in [6, 6.07) is 25.4. The summed E-state index contributed by atoms with van der Waals surface area (Å²) in [4.78, 5) is 43.4. The molecular weight excluding hydrogens is 660 g/mol. The molecule has 4 aromatic rings. The number of carbonyl (C=O) groups is 3. The monoisotopic (exact) mass is 698 g/mol. The van der Waals surface area contributed by atoms with Crippen molar-refractivity contribution in [1.82, 2.24) is 25.1 Å². The Labute approximate surface area is 291 Å². The van der Waals surface area contributed by atoms with Crippen LogP contribution >= 0.6 is 0 Å². The first-order chi connectivity index (χ1) is 24.0. The molecule has 0 spiro atoms. The molecule has 11 nitrogen and oxygen atoms in total. The zero-order chi connectivity index (χ0) is 35.8. The average molecular weight is 699 g/mol. The van der Waals surface area contributed by atoms with Gasteiger partial charge in [-0.15, -0.1) is 6.42 Å². The quantitative estimate of drug-likeness (QED) is 0.151. The van der Waals surface area contributed by atoms with Crippen molar-refractivity contribution in [2.24, 2.45) is 0 Å². The zero-order valence-electron chi connectivity index (χ0n) is 27.8. The fraction of sp³-hybridized carbons (Fsp3) is 0.270. The summed E-state index contributed by atoms with van der Waals surface area (Å²) in [5.74, 6) is 1.85. The summed E-state index contributed by atoms with van der Waals surface area (Å²) in [6.45, 7) is 1.98. The van der Waals surface area contributed by atoms with E-state index in [0.717, 1.165) is 34.6 Å². The summed E-state index contributed by atoms with van der Waals surface area (Å²) < 4.78 is 39.2. The van der Waals surface area contributed by atoms with Gasteiger partial charge in [0.2, 0.25) is 22.3 Å². The number of hydrazine groups is 1. The highest BCUT2D eigenvalue weighted by molar-refractivity contribution is 7.92. The summed E-state index contributed by atoms with van der Waals surface area (Å²) >= 11 is 0. The Morgan fingerprint density at radius 2 is 1.72 bits per heavy atom. The van der Waals surface area contributed by atoms with Crippen LogP contribution < -0.4 is 10.0 Å². The van der Waals surface area contributed by atoms with Gasteiger partial charge in [-0.3, -0.25) is 14.3 Å². The lowest BCUT2D eigenvalue weighted by Crippen LogP contribution is -2.58. The molecular formula is C37H39FN6O5S. The van der Waals surface area contributed by atoms with E-state index >= 15 is 0 Å². The van der Waals surface area contributed by atoms with Crippen molar-refractivity contribution < 1.29 is 27.2 Å². The third-order valence-corrected chi connectivity index (χ3v) is 9.06. The van der Waals surface area contributed by atoms with Crippen LogP contribution in [-0.4, -0.2) is 84.7 Å². The largest absolute Gasteiger partial charge is 0.337 e. The Morgan fingerprint density at radius 1 is 1.04 bits per heavy atom. The first-order valence-corrected chi connectivity index (χ1v) is 17.9. The predicted molar refractivity (Wildman–Crippen MR) is 190 cm³/mol. The Kier molecular flexibility index (Phi) is 11.4. The number of hydrogen-bond acceptors (Lipinski definition) is 6. The average Bonchev–Trinajstić information content (AvgIpc) is 3.41. The van der Waals surface area contributed by atoms with Crippen LogP contribution in [0.15, 0.2) is 91.0 Å². The number of terminal acetylenes is 1. The Hall–Kier alpha value is -5.45. The number of halogens is 1. The van der Waals surface area contributed by atoms with E-state index in [4.69, 9.17) is 6.42 Å². The molecule has 1 fully saturated rings. The number of urea groups is 1. The number of amides is 4. The molecule has 4 aromatic carbocycles. The second-order valence-electron chi connectivity index (χ2n) is 12.2. The standard InChI is InChI=1S/C37H39FN6O5S/c1-4-20-42(37(47)39-22-29-12-16-32(38)17-13-29)43-25-36(46)44(27(2)21-28-14-18-33(19-15-28)40-50(3,48)49)35(43)24-41(26-45)23-31-10-7-9-30-8-5-6-11-34(30)31/h1,5-19,26-27,35,40H,20-25H2,2-3H3,(H,39,47)/t27-,35-/m1/s1. The molecule has 1 heterocycles. The molecule has 5 rings (SSSR count). The highest BCUT2D eigenvalue weighted by atomic mass is 32.2. The minimum absolute atomic E-state index is 0.0618. The van der Waals surface area contributed by atoms with Gasteiger partial charge in [-0.25, -0.2) is 22.6 Å². The second kappa shape index (κ2) is 15.8.